The minimum absolute atomic E-state index is 0.159. The number of pyridine rings is 1. The summed E-state index contributed by atoms with van der Waals surface area (Å²) in [7, 11) is 0. The molecule has 0 unspecified atom stereocenters. The van der Waals surface area contributed by atoms with Crippen LogP contribution in [0.3, 0.4) is 0 Å². The molecule has 0 radical (unpaired) electrons. The van der Waals surface area contributed by atoms with Crippen molar-refractivity contribution in [2.24, 2.45) is 0 Å². The first kappa shape index (κ1) is 15.3. The molecular formula is C17H19N5OS. The molecule has 0 spiro atoms. The van der Waals surface area contributed by atoms with Crippen LogP contribution in [0.1, 0.15) is 25.1 Å². The molecule has 3 aromatic rings. The van der Waals surface area contributed by atoms with Gasteiger partial charge in [-0.15, -0.1) is 10.2 Å². The molecule has 3 aromatic heterocycles. The molecule has 0 fully saturated rings. The van der Waals surface area contributed by atoms with E-state index in [1.165, 1.54) is 17.5 Å². The molecule has 6 nitrogen and oxygen atoms in total. The minimum atomic E-state index is 0.159. The van der Waals surface area contributed by atoms with Crippen LogP contribution in [-0.4, -0.2) is 42.3 Å². The predicted molar refractivity (Wildman–Crippen MR) is 92.9 cm³/mol. The number of nitrogens with zero attached hydrogens (tertiary/aromatic N) is 5. The highest BCUT2D eigenvalue weighted by Crippen LogP contribution is 2.29. The van der Waals surface area contributed by atoms with Gasteiger partial charge in [0.25, 0.3) is 0 Å². The van der Waals surface area contributed by atoms with Crippen LogP contribution < -0.4 is 0 Å². The van der Waals surface area contributed by atoms with Gasteiger partial charge in [-0.3, -0.25) is 9.20 Å². The van der Waals surface area contributed by atoms with Gasteiger partial charge in [-0.2, -0.15) is 0 Å². The Morgan fingerprint density at radius 3 is 3.00 bits per heavy atom. The van der Waals surface area contributed by atoms with Gasteiger partial charge in [0.1, 0.15) is 0 Å². The molecule has 0 aromatic carbocycles. The average molecular weight is 341 g/mol. The van der Waals surface area contributed by atoms with E-state index >= 15 is 0 Å². The summed E-state index contributed by atoms with van der Waals surface area (Å²) in [6.07, 6.45) is 4.94. The molecule has 0 bridgehead atoms. The third-order valence-corrected chi connectivity index (χ3v) is 5.41. The van der Waals surface area contributed by atoms with Gasteiger partial charge in [-0.05, 0) is 30.7 Å². The average Bonchev–Trinajstić information content (AvgIpc) is 3.25. The summed E-state index contributed by atoms with van der Waals surface area (Å²) < 4.78 is 4.16. The Hall–Kier alpha value is -2.28. The van der Waals surface area contributed by atoms with E-state index in [0.29, 0.717) is 5.75 Å². The maximum absolute atomic E-state index is 12.8. The highest BCUT2D eigenvalue weighted by Gasteiger charge is 2.29. The number of carbonyl (C=O) groups is 1. The Morgan fingerprint density at radius 1 is 1.21 bits per heavy atom. The van der Waals surface area contributed by atoms with Crippen molar-refractivity contribution in [3.63, 3.8) is 0 Å². The van der Waals surface area contributed by atoms with Crippen molar-refractivity contribution in [1.82, 2.24) is 24.1 Å². The standard InChI is InChI=1S/C17H19N5OS/c1-2-13-14-6-5-8-20(14)10-11-21(13)16(23)12-24-17-19-18-15-7-3-4-9-22(15)17/h3-9,13H,2,10-12H2,1H3/t13-/m0/s1. The second-order valence-electron chi connectivity index (χ2n) is 5.84. The number of hydrogen-bond donors (Lipinski definition) is 0. The molecule has 24 heavy (non-hydrogen) atoms. The molecule has 4 rings (SSSR count). The smallest absolute Gasteiger partial charge is 0.233 e. The molecular weight excluding hydrogens is 322 g/mol. The van der Waals surface area contributed by atoms with Crippen LogP contribution in [0.15, 0.2) is 47.9 Å². The first-order chi connectivity index (χ1) is 11.8. The van der Waals surface area contributed by atoms with Crippen molar-refractivity contribution in [3.8, 4) is 0 Å². The fraction of sp³-hybridized carbons (Fsp3) is 0.353. The zero-order chi connectivity index (χ0) is 16.5. The molecule has 0 N–H and O–H groups in total. The summed E-state index contributed by atoms with van der Waals surface area (Å²) in [6, 6.07) is 10.1. The summed E-state index contributed by atoms with van der Waals surface area (Å²) in [5, 5.41) is 9.06. The molecule has 4 heterocycles. The van der Waals surface area contributed by atoms with Crippen LogP contribution in [0.2, 0.25) is 0 Å². The maximum Gasteiger partial charge on any atom is 0.233 e. The zero-order valence-electron chi connectivity index (χ0n) is 13.5. The molecule has 124 valence electrons. The largest absolute Gasteiger partial charge is 0.348 e. The monoisotopic (exact) mass is 341 g/mol. The van der Waals surface area contributed by atoms with E-state index in [-0.39, 0.29) is 11.9 Å². The summed E-state index contributed by atoms with van der Waals surface area (Å²) >= 11 is 1.45. The number of fused-ring (bicyclic) bond motifs is 2. The van der Waals surface area contributed by atoms with Crippen molar-refractivity contribution < 1.29 is 4.79 Å². The van der Waals surface area contributed by atoms with Gasteiger partial charge < -0.3 is 9.47 Å². The van der Waals surface area contributed by atoms with Crippen LogP contribution in [0.25, 0.3) is 5.65 Å². The lowest BCUT2D eigenvalue weighted by atomic mass is 10.1. The van der Waals surface area contributed by atoms with Crippen molar-refractivity contribution in [3.05, 3.63) is 48.4 Å². The number of thioether (sulfide) groups is 1. The summed E-state index contributed by atoms with van der Waals surface area (Å²) in [5.41, 5.74) is 2.03. The maximum atomic E-state index is 12.8. The fourth-order valence-corrected chi connectivity index (χ4v) is 4.13. The fourth-order valence-electron chi connectivity index (χ4n) is 3.32. The third kappa shape index (κ3) is 2.58. The summed E-state index contributed by atoms with van der Waals surface area (Å²) in [4.78, 5) is 14.8. The second-order valence-corrected chi connectivity index (χ2v) is 6.78. The van der Waals surface area contributed by atoms with Gasteiger partial charge in [0.05, 0.1) is 11.8 Å². The van der Waals surface area contributed by atoms with Gasteiger partial charge in [0.2, 0.25) is 5.91 Å². The molecule has 0 aliphatic carbocycles. The molecule has 7 heteroatoms. The van der Waals surface area contributed by atoms with Crippen molar-refractivity contribution in [1.29, 1.82) is 0 Å². The van der Waals surface area contributed by atoms with E-state index in [0.717, 1.165) is 30.3 Å². The van der Waals surface area contributed by atoms with Crippen LogP contribution >= 0.6 is 11.8 Å². The first-order valence-electron chi connectivity index (χ1n) is 8.15. The Bertz CT molecular complexity index is 871. The Labute approximate surface area is 144 Å². The third-order valence-electron chi connectivity index (χ3n) is 4.48. The molecule has 1 aliphatic rings. The highest BCUT2D eigenvalue weighted by molar-refractivity contribution is 7.99. The van der Waals surface area contributed by atoms with E-state index in [1.807, 2.05) is 33.7 Å². The quantitative estimate of drug-likeness (QED) is 0.685. The topological polar surface area (TPSA) is 55.4 Å². The van der Waals surface area contributed by atoms with E-state index in [4.69, 9.17) is 0 Å². The summed E-state index contributed by atoms with van der Waals surface area (Å²) in [6.45, 7) is 3.76. The van der Waals surface area contributed by atoms with Crippen LogP contribution in [0.4, 0.5) is 0 Å². The molecule has 1 aliphatic heterocycles. The first-order valence-corrected chi connectivity index (χ1v) is 9.13. The molecule has 1 amide bonds. The van der Waals surface area contributed by atoms with Gasteiger partial charge in [-0.25, -0.2) is 0 Å². The number of carbonyl (C=O) groups excluding carboxylic acids is 1. The lowest BCUT2D eigenvalue weighted by Gasteiger charge is -2.36. The van der Waals surface area contributed by atoms with Gasteiger partial charge >= 0.3 is 0 Å². The Kier molecular flexibility index (Phi) is 4.02. The van der Waals surface area contributed by atoms with Gasteiger partial charge in [0, 0.05) is 31.2 Å². The predicted octanol–water partition coefficient (Wildman–Crippen LogP) is 2.62. The number of hydrogen-bond acceptors (Lipinski definition) is 4. The normalized spacial score (nSPS) is 17.2. The minimum Gasteiger partial charge on any atom is -0.348 e. The lowest BCUT2D eigenvalue weighted by molar-refractivity contribution is -0.132. The number of rotatable bonds is 4. The Morgan fingerprint density at radius 2 is 2.12 bits per heavy atom. The van der Waals surface area contributed by atoms with Crippen molar-refractivity contribution in [2.75, 3.05) is 12.3 Å². The van der Waals surface area contributed by atoms with Crippen molar-refractivity contribution >= 4 is 23.3 Å². The second kappa shape index (κ2) is 6.32. The van der Waals surface area contributed by atoms with Crippen LogP contribution in [0, 0.1) is 0 Å². The molecule has 0 saturated carbocycles. The highest BCUT2D eigenvalue weighted by atomic mass is 32.2. The molecule has 1 atom stereocenters. The van der Waals surface area contributed by atoms with E-state index < -0.39 is 0 Å². The van der Waals surface area contributed by atoms with E-state index in [9.17, 15) is 4.79 Å². The molecule has 0 saturated heterocycles. The SMILES string of the molecule is CC[C@H]1c2cccn2CCN1C(=O)CSc1nnc2ccccn12. The number of amides is 1. The lowest BCUT2D eigenvalue weighted by Crippen LogP contribution is -2.42. The zero-order valence-corrected chi connectivity index (χ0v) is 14.3. The van der Waals surface area contributed by atoms with Crippen molar-refractivity contribution in [2.45, 2.75) is 31.1 Å². The van der Waals surface area contributed by atoms with Crippen LogP contribution in [0.5, 0.6) is 0 Å². The summed E-state index contributed by atoms with van der Waals surface area (Å²) in [5.74, 6) is 0.541. The van der Waals surface area contributed by atoms with Crippen LogP contribution in [-0.2, 0) is 11.3 Å². The Balaban J connectivity index is 1.48. The van der Waals surface area contributed by atoms with E-state index in [2.05, 4.69) is 40.0 Å². The van der Waals surface area contributed by atoms with Gasteiger partial charge in [0.15, 0.2) is 10.8 Å². The van der Waals surface area contributed by atoms with E-state index in [1.54, 1.807) is 0 Å². The van der Waals surface area contributed by atoms with Gasteiger partial charge in [-0.1, -0.05) is 24.8 Å². The number of aromatic nitrogens is 4.